The lowest BCUT2D eigenvalue weighted by atomic mass is 10.2. The maximum absolute atomic E-state index is 12.0. The summed E-state index contributed by atoms with van der Waals surface area (Å²) in [5.41, 5.74) is -0.219. The molecule has 0 aliphatic carbocycles. The number of benzene rings is 1. The van der Waals surface area contributed by atoms with Crippen molar-refractivity contribution in [3.8, 4) is 5.75 Å². The summed E-state index contributed by atoms with van der Waals surface area (Å²) in [6.45, 7) is 3.50. The maximum atomic E-state index is 12.0. The average Bonchev–Trinajstić information content (AvgIpc) is 2.42. The number of carbonyl (C=O) groups is 1. The predicted molar refractivity (Wildman–Crippen MR) is 76.1 cm³/mol. The van der Waals surface area contributed by atoms with Crippen LogP contribution in [0.5, 0.6) is 5.75 Å². The summed E-state index contributed by atoms with van der Waals surface area (Å²) in [5, 5.41) is 18.2. The number of aliphatic hydroxyl groups excluding tert-OH is 1. The van der Waals surface area contributed by atoms with E-state index in [-0.39, 0.29) is 22.8 Å². The Morgan fingerprint density at radius 1 is 1.43 bits per heavy atom. The summed E-state index contributed by atoms with van der Waals surface area (Å²) >= 11 is 0. The number of carboxylic acid groups (broad SMARTS) is 1. The molecule has 0 heterocycles. The minimum absolute atomic E-state index is 0.124. The monoisotopic (exact) mass is 317 g/mol. The number of aliphatic hydroxyl groups is 1. The molecule has 0 aliphatic rings. The van der Waals surface area contributed by atoms with Gasteiger partial charge in [-0.1, -0.05) is 6.92 Å². The van der Waals surface area contributed by atoms with Crippen molar-refractivity contribution in [2.45, 2.75) is 31.3 Å². The molecule has 0 saturated heterocycles. The van der Waals surface area contributed by atoms with Crippen LogP contribution >= 0.6 is 0 Å². The molecule has 1 aromatic carbocycles. The number of hydrogen-bond acceptors (Lipinski definition) is 5. The van der Waals surface area contributed by atoms with E-state index in [2.05, 4.69) is 4.72 Å². The van der Waals surface area contributed by atoms with E-state index >= 15 is 0 Å². The largest absolute Gasteiger partial charge is 0.493 e. The third kappa shape index (κ3) is 5.00. The minimum Gasteiger partial charge on any atom is -0.493 e. The van der Waals surface area contributed by atoms with E-state index in [9.17, 15) is 13.2 Å². The first-order chi connectivity index (χ1) is 9.77. The number of aromatic carboxylic acids is 1. The van der Waals surface area contributed by atoms with Crippen molar-refractivity contribution in [1.29, 1.82) is 0 Å². The quantitative estimate of drug-likeness (QED) is 0.654. The van der Waals surface area contributed by atoms with Gasteiger partial charge >= 0.3 is 5.97 Å². The molecule has 118 valence electrons. The third-order valence-electron chi connectivity index (χ3n) is 2.52. The molecule has 0 aromatic heterocycles. The molecule has 7 nitrogen and oxygen atoms in total. The second-order valence-corrected chi connectivity index (χ2v) is 6.28. The molecular formula is C13H19NO6S. The van der Waals surface area contributed by atoms with Gasteiger partial charge in [0.25, 0.3) is 0 Å². The molecule has 0 amide bonds. The zero-order valence-electron chi connectivity index (χ0n) is 11.9. The molecule has 0 unspecified atom stereocenters. The Morgan fingerprint density at radius 2 is 2.10 bits per heavy atom. The zero-order valence-corrected chi connectivity index (χ0v) is 12.7. The molecule has 0 aliphatic heterocycles. The highest BCUT2D eigenvalue weighted by atomic mass is 32.2. The molecule has 0 spiro atoms. The van der Waals surface area contributed by atoms with Crippen LogP contribution in [-0.2, 0) is 10.0 Å². The fourth-order valence-corrected chi connectivity index (χ4v) is 2.64. The number of ether oxygens (including phenoxy) is 1. The standard InChI is InChI=1S/C13H19NO6S/c1-3-6-20-12-5-4-10(7-11(12)13(16)17)21(18,19)14-8-9(2)15/h4-5,7,9,14-15H,3,6,8H2,1-2H3,(H,16,17)/t9-/m0/s1. The van der Waals surface area contributed by atoms with E-state index in [1.165, 1.54) is 19.1 Å². The number of nitrogens with one attached hydrogen (secondary N) is 1. The molecule has 0 bridgehead atoms. The Bertz CT molecular complexity index is 597. The molecule has 0 saturated carbocycles. The highest BCUT2D eigenvalue weighted by Crippen LogP contribution is 2.23. The van der Waals surface area contributed by atoms with Gasteiger partial charge in [-0.25, -0.2) is 17.9 Å². The van der Waals surface area contributed by atoms with Gasteiger partial charge in [-0.2, -0.15) is 0 Å². The summed E-state index contributed by atoms with van der Waals surface area (Å²) in [6.07, 6.45) is -0.138. The van der Waals surface area contributed by atoms with Gasteiger partial charge in [0.1, 0.15) is 11.3 Å². The van der Waals surface area contributed by atoms with Gasteiger partial charge in [0.2, 0.25) is 10.0 Å². The van der Waals surface area contributed by atoms with Crippen molar-refractivity contribution >= 4 is 16.0 Å². The number of sulfonamides is 1. The Balaban J connectivity index is 3.10. The normalized spacial score (nSPS) is 12.9. The molecule has 3 N–H and O–H groups in total. The second-order valence-electron chi connectivity index (χ2n) is 4.51. The van der Waals surface area contributed by atoms with Crippen LogP contribution in [0.25, 0.3) is 0 Å². The Labute approximate surface area is 123 Å². The van der Waals surface area contributed by atoms with Crippen molar-refractivity contribution < 1.29 is 28.2 Å². The Kier molecular flexibility index (Phi) is 6.13. The van der Waals surface area contributed by atoms with Crippen molar-refractivity contribution in [3.05, 3.63) is 23.8 Å². The fraction of sp³-hybridized carbons (Fsp3) is 0.462. The smallest absolute Gasteiger partial charge is 0.339 e. The molecule has 8 heteroatoms. The van der Waals surface area contributed by atoms with E-state index in [4.69, 9.17) is 14.9 Å². The highest BCUT2D eigenvalue weighted by molar-refractivity contribution is 7.89. The third-order valence-corrected chi connectivity index (χ3v) is 3.94. The lowest BCUT2D eigenvalue weighted by Gasteiger charge is -2.12. The molecule has 1 rings (SSSR count). The van der Waals surface area contributed by atoms with Crippen molar-refractivity contribution in [1.82, 2.24) is 4.72 Å². The van der Waals surface area contributed by atoms with Crippen LogP contribution in [0.15, 0.2) is 23.1 Å². The van der Waals surface area contributed by atoms with E-state index in [0.717, 1.165) is 6.07 Å². The predicted octanol–water partition coefficient (Wildman–Crippen LogP) is 0.833. The molecule has 0 radical (unpaired) electrons. The van der Waals surface area contributed by atoms with E-state index < -0.39 is 22.1 Å². The average molecular weight is 317 g/mol. The Hall–Kier alpha value is -1.64. The van der Waals surface area contributed by atoms with E-state index in [1.807, 2.05) is 6.92 Å². The van der Waals surface area contributed by atoms with Crippen LogP contribution < -0.4 is 9.46 Å². The summed E-state index contributed by atoms with van der Waals surface area (Å²) in [7, 11) is -3.88. The van der Waals surface area contributed by atoms with Gasteiger partial charge in [-0.15, -0.1) is 0 Å². The minimum atomic E-state index is -3.88. The van der Waals surface area contributed by atoms with Crippen LogP contribution in [0.4, 0.5) is 0 Å². The lowest BCUT2D eigenvalue weighted by molar-refractivity contribution is 0.0692. The molecule has 21 heavy (non-hydrogen) atoms. The number of carboxylic acids is 1. The second kappa shape index (κ2) is 7.39. The van der Waals surface area contributed by atoms with Crippen LogP contribution in [-0.4, -0.2) is 43.9 Å². The van der Waals surface area contributed by atoms with E-state index in [1.54, 1.807) is 0 Å². The number of rotatable bonds is 8. The first-order valence-corrected chi connectivity index (χ1v) is 7.94. The zero-order chi connectivity index (χ0) is 16.0. The molecule has 1 aromatic rings. The highest BCUT2D eigenvalue weighted by Gasteiger charge is 2.19. The van der Waals surface area contributed by atoms with Gasteiger partial charge in [0, 0.05) is 6.54 Å². The molecule has 0 fully saturated rings. The summed E-state index contributed by atoms with van der Waals surface area (Å²) in [6, 6.07) is 3.62. The van der Waals surface area contributed by atoms with Crippen molar-refractivity contribution in [3.63, 3.8) is 0 Å². The summed E-state index contributed by atoms with van der Waals surface area (Å²) in [5.74, 6) is -1.15. The van der Waals surface area contributed by atoms with Gasteiger partial charge in [0.15, 0.2) is 0 Å². The van der Waals surface area contributed by atoms with Gasteiger partial charge in [-0.05, 0) is 31.5 Å². The maximum Gasteiger partial charge on any atom is 0.339 e. The van der Waals surface area contributed by atoms with Crippen LogP contribution in [0.3, 0.4) is 0 Å². The summed E-state index contributed by atoms with van der Waals surface area (Å²) in [4.78, 5) is 11.0. The molecular weight excluding hydrogens is 298 g/mol. The van der Waals surface area contributed by atoms with Gasteiger partial charge < -0.3 is 14.9 Å². The van der Waals surface area contributed by atoms with Gasteiger partial charge in [-0.3, -0.25) is 0 Å². The topological polar surface area (TPSA) is 113 Å². The van der Waals surface area contributed by atoms with E-state index in [0.29, 0.717) is 13.0 Å². The molecule has 1 atom stereocenters. The van der Waals surface area contributed by atoms with Crippen LogP contribution in [0, 0.1) is 0 Å². The number of hydrogen-bond donors (Lipinski definition) is 3. The Morgan fingerprint density at radius 3 is 2.62 bits per heavy atom. The fourth-order valence-electron chi connectivity index (χ4n) is 1.49. The first kappa shape index (κ1) is 17.4. The lowest BCUT2D eigenvalue weighted by Crippen LogP contribution is -2.30. The SMILES string of the molecule is CCCOc1ccc(S(=O)(=O)NC[C@H](C)O)cc1C(=O)O. The van der Waals surface area contributed by atoms with Gasteiger partial charge in [0.05, 0.1) is 17.6 Å². The van der Waals surface area contributed by atoms with Crippen molar-refractivity contribution in [2.24, 2.45) is 0 Å². The first-order valence-electron chi connectivity index (χ1n) is 6.45. The van der Waals surface area contributed by atoms with Crippen molar-refractivity contribution in [2.75, 3.05) is 13.2 Å². The summed E-state index contributed by atoms with van der Waals surface area (Å²) < 4.78 is 31.4. The van der Waals surface area contributed by atoms with Crippen LogP contribution in [0.1, 0.15) is 30.6 Å². The van der Waals surface area contributed by atoms with Crippen LogP contribution in [0.2, 0.25) is 0 Å².